The van der Waals surface area contributed by atoms with Gasteiger partial charge in [-0.2, -0.15) is 0 Å². The molecule has 0 heterocycles. The van der Waals surface area contributed by atoms with Crippen molar-refractivity contribution >= 4 is 5.97 Å². The van der Waals surface area contributed by atoms with Gasteiger partial charge < -0.3 is 5.11 Å². The number of rotatable bonds is 3. The Morgan fingerprint density at radius 2 is 2.20 bits per heavy atom. The minimum atomic E-state index is -0.682. The smallest absolute Gasteiger partial charge is 0.303 e. The second-order valence-electron chi connectivity index (χ2n) is 4.22. The Morgan fingerprint density at radius 3 is 3.00 bits per heavy atom. The molecular weight excluding hydrogens is 188 g/mol. The van der Waals surface area contributed by atoms with Crippen LogP contribution in [0.4, 0.5) is 0 Å². The number of carboxylic acids is 1. The Labute approximate surface area is 89.9 Å². The van der Waals surface area contributed by atoms with E-state index in [9.17, 15) is 4.79 Å². The third-order valence-electron chi connectivity index (χ3n) is 3.20. The van der Waals surface area contributed by atoms with Crippen LogP contribution in [0.5, 0.6) is 0 Å². The van der Waals surface area contributed by atoms with Gasteiger partial charge in [-0.1, -0.05) is 24.3 Å². The third kappa shape index (κ3) is 2.38. The van der Waals surface area contributed by atoms with Gasteiger partial charge in [-0.3, -0.25) is 4.79 Å². The fourth-order valence-corrected chi connectivity index (χ4v) is 2.45. The predicted molar refractivity (Wildman–Crippen MR) is 59.0 cm³/mol. The van der Waals surface area contributed by atoms with Crippen LogP contribution in [0.25, 0.3) is 0 Å². The molecule has 0 radical (unpaired) electrons. The van der Waals surface area contributed by atoms with Crippen LogP contribution in [0.15, 0.2) is 24.3 Å². The van der Waals surface area contributed by atoms with Crippen LogP contribution in [0.1, 0.15) is 42.7 Å². The average molecular weight is 204 g/mol. The van der Waals surface area contributed by atoms with Crippen molar-refractivity contribution in [3.8, 4) is 0 Å². The highest BCUT2D eigenvalue weighted by Gasteiger charge is 2.19. The van der Waals surface area contributed by atoms with Gasteiger partial charge in [0.25, 0.3) is 0 Å². The summed E-state index contributed by atoms with van der Waals surface area (Å²) in [6.45, 7) is 0. The van der Waals surface area contributed by atoms with E-state index in [0.717, 1.165) is 19.3 Å². The number of hydrogen-bond acceptors (Lipinski definition) is 1. The summed E-state index contributed by atoms with van der Waals surface area (Å²) in [6.07, 6.45) is 4.57. The second kappa shape index (κ2) is 4.47. The van der Waals surface area contributed by atoms with E-state index in [0.29, 0.717) is 12.3 Å². The summed E-state index contributed by atoms with van der Waals surface area (Å²) in [5.74, 6) is -0.218. The van der Waals surface area contributed by atoms with E-state index in [1.54, 1.807) is 0 Å². The molecule has 0 aromatic heterocycles. The number of fused-ring (bicyclic) bond motifs is 1. The molecule has 0 unspecified atom stereocenters. The van der Waals surface area contributed by atoms with Crippen molar-refractivity contribution in [3.63, 3.8) is 0 Å². The van der Waals surface area contributed by atoms with Gasteiger partial charge in [0.1, 0.15) is 0 Å². The SMILES string of the molecule is O=C(O)CC[C@H]1CCCc2ccccc21. The number of hydrogen-bond donors (Lipinski definition) is 1. The van der Waals surface area contributed by atoms with E-state index >= 15 is 0 Å². The van der Waals surface area contributed by atoms with Gasteiger partial charge in [-0.05, 0) is 42.7 Å². The zero-order chi connectivity index (χ0) is 10.7. The Hall–Kier alpha value is -1.31. The van der Waals surface area contributed by atoms with Gasteiger partial charge in [0.15, 0.2) is 0 Å². The quantitative estimate of drug-likeness (QED) is 0.821. The van der Waals surface area contributed by atoms with Crippen molar-refractivity contribution in [1.82, 2.24) is 0 Å². The molecule has 2 heteroatoms. The molecule has 0 spiro atoms. The number of carboxylic acid groups (broad SMARTS) is 1. The van der Waals surface area contributed by atoms with Crippen molar-refractivity contribution in [2.24, 2.45) is 0 Å². The molecule has 0 bridgehead atoms. The van der Waals surface area contributed by atoms with Crippen molar-refractivity contribution in [2.45, 2.75) is 38.0 Å². The average Bonchev–Trinajstić information content (AvgIpc) is 2.26. The van der Waals surface area contributed by atoms with Crippen LogP contribution in [-0.4, -0.2) is 11.1 Å². The Kier molecular flexibility index (Phi) is 3.05. The highest BCUT2D eigenvalue weighted by molar-refractivity contribution is 5.66. The topological polar surface area (TPSA) is 37.3 Å². The molecule has 1 N–H and O–H groups in total. The van der Waals surface area contributed by atoms with Gasteiger partial charge >= 0.3 is 5.97 Å². The van der Waals surface area contributed by atoms with Gasteiger partial charge in [0.2, 0.25) is 0 Å². The number of aryl methyl sites for hydroxylation is 1. The van der Waals surface area contributed by atoms with Crippen molar-refractivity contribution < 1.29 is 9.90 Å². The minimum Gasteiger partial charge on any atom is -0.481 e. The molecule has 0 saturated carbocycles. The van der Waals surface area contributed by atoms with E-state index in [1.165, 1.54) is 17.5 Å². The molecule has 1 aromatic rings. The zero-order valence-electron chi connectivity index (χ0n) is 8.78. The standard InChI is InChI=1S/C13H16O2/c14-13(15)9-8-11-6-3-5-10-4-1-2-7-12(10)11/h1-2,4,7,11H,3,5-6,8-9H2,(H,14,15)/t11-/m1/s1. The van der Waals surface area contributed by atoms with Crippen LogP contribution in [0.3, 0.4) is 0 Å². The Bertz CT molecular complexity index is 357. The maximum atomic E-state index is 10.6. The molecule has 2 nitrogen and oxygen atoms in total. The summed E-state index contributed by atoms with van der Waals surface area (Å²) in [6, 6.07) is 8.44. The molecule has 0 amide bonds. The molecule has 1 aromatic carbocycles. The lowest BCUT2D eigenvalue weighted by Gasteiger charge is -2.24. The molecule has 1 aliphatic carbocycles. The summed E-state index contributed by atoms with van der Waals surface area (Å²) in [5.41, 5.74) is 2.80. The second-order valence-corrected chi connectivity index (χ2v) is 4.22. The summed E-state index contributed by atoms with van der Waals surface area (Å²) >= 11 is 0. The first-order chi connectivity index (χ1) is 7.27. The van der Waals surface area contributed by atoms with E-state index in [2.05, 4.69) is 24.3 Å². The van der Waals surface area contributed by atoms with Crippen LogP contribution < -0.4 is 0 Å². The van der Waals surface area contributed by atoms with Crippen LogP contribution in [0, 0.1) is 0 Å². The molecule has 15 heavy (non-hydrogen) atoms. The van der Waals surface area contributed by atoms with Gasteiger partial charge in [-0.25, -0.2) is 0 Å². The molecule has 80 valence electrons. The summed E-state index contributed by atoms with van der Waals surface area (Å²) < 4.78 is 0. The first kappa shape index (κ1) is 10.2. The number of benzene rings is 1. The molecular formula is C13H16O2. The first-order valence-electron chi connectivity index (χ1n) is 5.57. The monoisotopic (exact) mass is 204 g/mol. The lowest BCUT2D eigenvalue weighted by molar-refractivity contribution is -0.137. The molecule has 1 aliphatic rings. The normalized spacial score (nSPS) is 19.6. The lowest BCUT2D eigenvalue weighted by atomic mass is 9.80. The van der Waals surface area contributed by atoms with Crippen molar-refractivity contribution in [1.29, 1.82) is 0 Å². The van der Waals surface area contributed by atoms with E-state index in [-0.39, 0.29) is 0 Å². The number of carbonyl (C=O) groups is 1. The first-order valence-corrected chi connectivity index (χ1v) is 5.57. The number of aliphatic carboxylic acids is 1. The Morgan fingerprint density at radius 1 is 1.40 bits per heavy atom. The molecule has 0 fully saturated rings. The molecule has 0 saturated heterocycles. The predicted octanol–water partition coefficient (Wildman–Crippen LogP) is 2.97. The largest absolute Gasteiger partial charge is 0.481 e. The molecule has 0 aliphatic heterocycles. The Balaban J connectivity index is 2.11. The van der Waals surface area contributed by atoms with E-state index in [1.807, 2.05) is 0 Å². The van der Waals surface area contributed by atoms with Gasteiger partial charge in [0, 0.05) is 6.42 Å². The summed E-state index contributed by atoms with van der Waals surface area (Å²) in [5, 5.41) is 8.69. The van der Waals surface area contributed by atoms with Crippen LogP contribution >= 0.6 is 0 Å². The molecule has 1 atom stereocenters. The van der Waals surface area contributed by atoms with Crippen LogP contribution in [0.2, 0.25) is 0 Å². The summed E-state index contributed by atoms with van der Waals surface area (Å²) in [4.78, 5) is 10.6. The highest BCUT2D eigenvalue weighted by Crippen LogP contribution is 2.34. The maximum Gasteiger partial charge on any atom is 0.303 e. The van der Waals surface area contributed by atoms with Crippen molar-refractivity contribution in [2.75, 3.05) is 0 Å². The lowest BCUT2D eigenvalue weighted by Crippen LogP contribution is -2.11. The van der Waals surface area contributed by atoms with Crippen molar-refractivity contribution in [3.05, 3.63) is 35.4 Å². The third-order valence-corrected chi connectivity index (χ3v) is 3.20. The van der Waals surface area contributed by atoms with Crippen LogP contribution in [-0.2, 0) is 11.2 Å². The molecule has 2 rings (SSSR count). The van der Waals surface area contributed by atoms with Gasteiger partial charge in [0.05, 0.1) is 0 Å². The minimum absolute atomic E-state index is 0.291. The van der Waals surface area contributed by atoms with Gasteiger partial charge in [-0.15, -0.1) is 0 Å². The van der Waals surface area contributed by atoms with E-state index < -0.39 is 5.97 Å². The fraction of sp³-hybridized carbons (Fsp3) is 0.462. The summed E-state index contributed by atoms with van der Waals surface area (Å²) in [7, 11) is 0. The fourth-order valence-electron chi connectivity index (χ4n) is 2.45. The van der Waals surface area contributed by atoms with E-state index in [4.69, 9.17) is 5.11 Å². The maximum absolute atomic E-state index is 10.6. The zero-order valence-corrected chi connectivity index (χ0v) is 8.78. The highest BCUT2D eigenvalue weighted by atomic mass is 16.4.